The van der Waals surface area contributed by atoms with Gasteiger partial charge in [-0.15, -0.1) is 0 Å². The molecular formula is C16H11FN4. The number of hydrogen-bond donors (Lipinski definition) is 0. The van der Waals surface area contributed by atoms with E-state index in [0.29, 0.717) is 16.9 Å². The van der Waals surface area contributed by atoms with E-state index in [-0.39, 0.29) is 5.82 Å². The molecule has 4 nitrogen and oxygen atoms in total. The highest BCUT2D eigenvalue weighted by Crippen LogP contribution is 2.25. The van der Waals surface area contributed by atoms with Gasteiger partial charge in [0.1, 0.15) is 5.52 Å². The Balaban J connectivity index is 1.94. The zero-order valence-electron chi connectivity index (χ0n) is 11.3. The van der Waals surface area contributed by atoms with Crippen molar-refractivity contribution < 1.29 is 4.39 Å². The molecule has 0 aliphatic rings. The summed E-state index contributed by atoms with van der Waals surface area (Å²) in [6.07, 6.45) is 3.53. The smallest absolute Gasteiger partial charge is 0.159 e. The van der Waals surface area contributed by atoms with E-state index in [0.717, 1.165) is 16.3 Å². The minimum absolute atomic E-state index is 0.361. The lowest BCUT2D eigenvalue weighted by atomic mass is 10.1. The van der Waals surface area contributed by atoms with E-state index >= 15 is 0 Å². The van der Waals surface area contributed by atoms with E-state index in [1.165, 1.54) is 6.07 Å². The number of nitrogens with zero attached hydrogens (tertiary/aromatic N) is 4. The fraction of sp³-hybridized carbons (Fsp3) is 0.0625. The Morgan fingerprint density at radius 2 is 1.95 bits per heavy atom. The van der Waals surface area contributed by atoms with Crippen LogP contribution >= 0.6 is 0 Å². The lowest BCUT2D eigenvalue weighted by molar-refractivity contribution is 0.632. The van der Waals surface area contributed by atoms with Gasteiger partial charge in [-0.2, -0.15) is 5.10 Å². The van der Waals surface area contributed by atoms with Crippen molar-refractivity contribution in [2.45, 2.75) is 0 Å². The molecule has 4 rings (SSSR count). The van der Waals surface area contributed by atoms with Crippen molar-refractivity contribution in [2.24, 2.45) is 7.05 Å². The average molecular weight is 278 g/mol. The Kier molecular flexibility index (Phi) is 2.47. The van der Waals surface area contributed by atoms with Crippen LogP contribution in [-0.2, 0) is 7.05 Å². The van der Waals surface area contributed by atoms with Gasteiger partial charge in [-0.3, -0.25) is 4.68 Å². The molecule has 0 spiro atoms. The average Bonchev–Trinajstić information content (AvgIpc) is 2.88. The molecule has 102 valence electrons. The maximum absolute atomic E-state index is 14.1. The topological polar surface area (TPSA) is 43.6 Å². The number of rotatable bonds is 1. The van der Waals surface area contributed by atoms with E-state index in [2.05, 4.69) is 15.1 Å². The fourth-order valence-corrected chi connectivity index (χ4v) is 2.45. The summed E-state index contributed by atoms with van der Waals surface area (Å²) in [6.45, 7) is 0. The maximum atomic E-state index is 14.1. The molecule has 21 heavy (non-hydrogen) atoms. The Bertz CT molecular complexity index is 975. The van der Waals surface area contributed by atoms with Gasteiger partial charge in [0.25, 0.3) is 0 Å². The predicted molar refractivity (Wildman–Crippen MR) is 79.2 cm³/mol. The quantitative estimate of drug-likeness (QED) is 0.536. The second kappa shape index (κ2) is 4.34. The molecule has 0 aliphatic heterocycles. The number of hydrogen-bond acceptors (Lipinski definition) is 3. The van der Waals surface area contributed by atoms with Crippen LogP contribution in [0.25, 0.3) is 33.2 Å². The highest BCUT2D eigenvalue weighted by atomic mass is 19.1. The van der Waals surface area contributed by atoms with Gasteiger partial charge in [0.15, 0.2) is 11.6 Å². The first kappa shape index (κ1) is 12.0. The van der Waals surface area contributed by atoms with Crippen LogP contribution in [0.5, 0.6) is 0 Å². The summed E-state index contributed by atoms with van der Waals surface area (Å²) >= 11 is 0. The molecule has 5 heteroatoms. The zero-order chi connectivity index (χ0) is 14.4. The van der Waals surface area contributed by atoms with Gasteiger partial charge in [-0.25, -0.2) is 14.4 Å². The molecule has 4 aromatic rings. The summed E-state index contributed by atoms with van der Waals surface area (Å²) in [5, 5.41) is 5.80. The lowest BCUT2D eigenvalue weighted by Crippen LogP contribution is -1.91. The number of benzene rings is 2. The third kappa shape index (κ3) is 1.94. The van der Waals surface area contributed by atoms with Crippen LogP contribution in [-0.4, -0.2) is 19.7 Å². The van der Waals surface area contributed by atoms with Crippen LogP contribution in [0.3, 0.4) is 0 Å². The first-order valence-corrected chi connectivity index (χ1v) is 6.56. The molecule has 0 bridgehead atoms. The number of fused-ring (bicyclic) bond motifs is 2. The number of aryl methyl sites for hydroxylation is 1. The summed E-state index contributed by atoms with van der Waals surface area (Å²) < 4.78 is 15.7. The van der Waals surface area contributed by atoms with Gasteiger partial charge in [-0.05, 0) is 18.2 Å². The van der Waals surface area contributed by atoms with Crippen LogP contribution in [0.2, 0.25) is 0 Å². The van der Waals surface area contributed by atoms with Crippen molar-refractivity contribution >= 4 is 21.8 Å². The predicted octanol–water partition coefficient (Wildman–Crippen LogP) is 3.32. The molecular weight excluding hydrogens is 267 g/mol. The molecule has 0 amide bonds. The molecule has 0 saturated carbocycles. The Hall–Kier alpha value is -2.82. The first-order valence-electron chi connectivity index (χ1n) is 6.56. The molecule has 0 atom stereocenters. The van der Waals surface area contributed by atoms with E-state index in [9.17, 15) is 4.39 Å². The van der Waals surface area contributed by atoms with Gasteiger partial charge >= 0.3 is 0 Å². The van der Waals surface area contributed by atoms with Crippen LogP contribution in [0.1, 0.15) is 0 Å². The fourth-order valence-electron chi connectivity index (χ4n) is 2.45. The Labute approximate surface area is 119 Å². The van der Waals surface area contributed by atoms with E-state index in [1.54, 1.807) is 24.1 Å². The summed E-state index contributed by atoms with van der Waals surface area (Å²) in [4.78, 5) is 8.82. The van der Waals surface area contributed by atoms with Crippen LogP contribution in [0.15, 0.2) is 48.8 Å². The molecule has 2 heterocycles. The van der Waals surface area contributed by atoms with Crippen molar-refractivity contribution in [3.63, 3.8) is 0 Å². The van der Waals surface area contributed by atoms with Crippen molar-refractivity contribution in [1.82, 2.24) is 19.7 Å². The van der Waals surface area contributed by atoms with Crippen molar-refractivity contribution in [3.05, 3.63) is 54.6 Å². The molecule has 2 aromatic carbocycles. The standard InChI is InChI=1S/C16H11FN4/c1-21-9-12-6-11(7-13(17)15(12)20-21)16-18-8-10-4-2-3-5-14(10)19-16/h2-9H,1H3. The minimum atomic E-state index is -0.361. The van der Waals surface area contributed by atoms with Gasteiger partial charge in [0.2, 0.25) is 0 Å². The Morgan fingerprint density at radius 1 is 1.10 bits per heavy atom. The van der Waals surface area contributed by atoms with E-state index in [1.807, 2.05) is 30.3 Å². The molecule has 0 radical (unpaired) electrons. The normalized spacial score (nSPS) is 11.3. The molecule has 2 aromatic heterocycles. The van der Waals surface area contributed by atoms with Crippen molar-refractivity contribution in [3.8, 4) is 11.4 Å². The van der Waals surface area contributed by atoms with Crippen molar-refractivity contribution in [1.29, 1.82) is 0 Å². The van der Waals surface area contributed by atoms with Crippen LogP contribution in [0.4, 0.5) is 4.39 Å². The summed E-state index contributed by atoms with van der Waals surface area (Å²) in [6, 6.07) is 11.0. The molecule has 0 N–H and O–H groups in total. The molecule has 0 saturated heterocycles. The summed E-state index contributed by atoms with van der Waals surface area (Å²) in [5.41, 5.74) is 1.86. The summed E-state index contributed by atoms with van der Waals surface area (Å²) in [7, 11) is 1.77. The van der Waals surface area contributed by atoms with Crippen LogP contribution in [0, 0.1) is 5.82 Å². The van der Waals surface area contributed by atoms with Gasteiger partial charge < -0.3 is 0 Å². The zero-order valence-corrected chi connectivity index (χ0v) is 11.3. The Morgan fingerprint density at radius 3 is 2.86 bits per heavy atom. The van der Waals surface area contributed by atoms with Crippen molar-refractivity contribution in [2.75, 3.05) is 0 Å². The maximum Gasteiger partial charge on any atom is 0.159 e. The monoisotopic (exact) mass is 278 g/mol. The third-order valence-electron chi connectivity index (χ3n) is 3.42. The molecule has 0 unspecified atom stereocenters. The van der Waals surface area contributed by atoms with Gasteiger partial charge in [-0.1, -0.05) is 18.2 Å². The largest absolute Gasteiger partial charge is 0.274 e. The van der Waals surface area contributed by atoms with Crippen LogP contribution < -0.4 is 0 Å². The SMILES string of the molecule is Cn1cc2cc(-c3ncc4ccccc4n3)cc(F)c2n1. The number of halogens is 1. The van der Waals surface area contributed by atoms with Gasteiger partial charge in [0, 0.05) is 35.8 Å². The second-order valence-corrected chi connectivity index (χ2v) is 4.95. The highest BCUT2D eigenvalue weighted by Gasteiger charge is 2.11. The van der Waals surface area contributed by atoms with E-state index < -0.39 is 0 Å². The highest BCUT2D eigenvalue weighted by molar-refractivity contribution is 5.85. The molecule has 0 fully saturated rings. The summed E-state index contributed by atoms with van der Waals surface area (Å²) in [5.74, 6) is 0.151. The number of para-hydroxylation sites is 1. The first-order chi connectivity index (χ1) is 10.2. The van der Waals surface area contributed by atoms with E-state index in [4.69, 9.17) is 0 Å². The molecule has 0 aliphatic carbocycles. The number of aromatic nitrogens is 4. The second-order valence-electron chi connectivity index (χ2n) is 4.95. The lowest BCUT2D eigenvalue weighted by Gasteiger charge is -2.03. The third-order valence-corrected chi connectivity index (χ3v) is 3.42. The van der Waals surface area contributed by atoms with Gasteiger partial charge in [0.05, 0.1) is 5.52 Å². The minimum Gasteiger partial charge on any atom is -0.274 e.